The number of nitrogen functional groups attached to an aromatic ring is 1. The summed E-state index contributed by atoms with van der Waals surface area (Å²) in [7, 11) is 0. The van der Waals surface area contributed by atoms with E-state index >= 15 is 0 Å². The van der Waals surface area contributed by atoms with Gasteiger partial charge in [-0.25, -0.2) is 9.97 Å². The van der Waals surface area contributed by atoms with Crippen LogP contribution in [0.3, 0.4) is 0 Å². The van der Waals surface area contributed by atoms with Crippen molar-refractivity contribution < 1.29 is 0 Å². The number of nitriles is 1. The molecule has 0 spiro atoms. The molecule has 5 heteroatoms. The molecule has 2 N–H and O–H groups in total. The van der Waals surface area contributed by atoms with Crippen LogP contribution in [0, 0.1) is 11.3 Å². The van der Waals surface area contributed by atoms with Gasteiger partial charge in [-0.15, -0.1) is 0 Å². The van der Waals surface area contributed by atoms with Gasteiger partial charge >= 0.3 is 0 Å². The fourth-order valence-electron chi connectivity index (χ4n) is 1.44. The second-order valence-electron chi connectivity index (χ2n) is 3.41. The summed E-state index contributed by atoms with van der Waals surface area (Å²) in [5, 5.41) is 8.58. The third kappa shape index (κ3) is 3.09. The van der Waals surface area contributed by atoms with Gasteiger partial charge in [0.05, 0.1) is 12.5 Å². The van der Waals surface area contributed by atoms with Gasteiger partial charge < -0.3 is 10.6 Å². The highest BCUT2D eigenvalue weighted by molar-refractivity contribution is 5.47. The van der Waals surface area contributed by atoms with Gasteiger partial charge in [-0.3, -0.25) is 0 Å². The zero-order valence-electron chi connectivity index (χ0n) is 9.77. The number of nitrogens with two attached hydrogens (primary N) is 1. The summed E-state index contributed by atoms with van der Waals surface area (Å²) in [6.07, 6.45) is 1.24. The molecule has 1 aromatic heterocycles. The summed E-state index contributed by atoms with van der Waals surface area (Å²) < 4.78 is 0. The SMILES string of the molecule is CCc1nc(N)cc(N(CC)CCC#N)n1. The Morgan fingerprint density at radius 1 is 1.44 bits per heavy atom. The summed E-state index contributed by atoms with van der Waals surface area (Å²) in [4.78, 5) is 10.6. The first-order valence-corrected chi connectivity index (χ1v) is 5.46. The Morgan fingerprint density at radius 2 is 2.19 bits per heavy atom. The Bertz CT molecular complexity index is 382. The summed E-state index contributed by atoms with van der Waals surface area (Å²) in [6, 6.07) is 3.88. The van der Waals surface area contributed by atoms with Crippen molar-refractivity contribution in [2.75, 3.05) is 23.7 Å². The van der Waals surface area contributed by atoms with Crippen LogP contribution in [0.1, 0.15) is 26.1 Å². The quantitative estimate of drug-likeness (QED) is 0.809. The average molecular weight is 219 g/mol. The van der Waals surface area contributed by atoms with Gasteiger partial charge in [0.1, 0.15) is 17.5 Å². The molecule has 1 rings (SSSR count). The molecule has 0 bridgehead atoms. The van der Waals surface area contributed by atoms with Crippen LogP contribution in [-0.4, -0.2) is 23.1 Å². The van der Waals surface area contributed by atoms with Crippen molar-refractivity contribution in [2.24, 2.45) is 0 Å². The molecular weight excluding hydrogens is 202 g/mol. The van der Waals surface area contributed by atoms with Crippen LogP contribution in [0.25, 0.3) is 0 Å². The Hall–Kier alpha value is -1.83. The van der Waals surface area contributed by atoms with Gasteiger partial charge in [0.2, 0.25) is 0 Å². The average Bonchev–Trinajstić information content (AvgIpc) is 2.29. The number of aromatic nitrogens is 2. The van der Waals surface area contributed by atoms with Crippen molar-refractivity contribution in [3.8, 4) is 6.07 Å². The lowest BCUT2D eigenvalue weighted by atomic mass is 10.3. The first kappa shape index (κ1) is 12.2. The van der Waals surface area contributed by atoms with Crippen LogP contribution in [0.15, 0.2) is 6.07 Å². The maximum Gasteiger partial charge on any atom is 0.134 e. The third-order valence-electron chi connectivity index (χ3n) is 2.29. The molecule has 16 heavy (non-hydrogen) atoms. The molecule has 0 fully saturated rings. The minimum atomic E-state index is 0.484. The predicted molar refractivity (Wildman–Crippen MR) is 63.9 cm³/mol. The number of anilines is 2. The standard InChI is InChI=1S/C11H17N5/c1-3-10-14-9(13)8-11(15-10)16(4-2)7-5-6-12/h8H,3-5,7H2,1-2H3,(H2,13,14,15). The zero-order valence-corrected chi connectivity index (χ0v) is 9.77. The highest BCUT2D eigenvalue weighted by atomic mass is 15.2. The molecule has 0 unspecified atom stereocenters. The molecule has 0 aliphatic carbocycles. The smallest absolute Gasteiger partial charge is 0.134 e. The molecule has 0 aliphatic heterocycles. The van der Waals surface area contributed by atoms with Gasteiger partial charge in [-0.05, 0) is 6.92 Å². The maximum atomic E-state index is 8.58. The predicted octanol–water partition coefficient (Wildman–Crippen LogP) is 1.36. The van der Waals surface area contributed by atoms with E-state index in [1.54, 1.807) is 6.07 Å². The lowest BCUT2D eigenvalue weighted by Gasteiger charge is -2.21. The van der Waals surface area contributed by atoms with E-state index in [0.29, 0.717) is 18.8 Å². The molecule has 0 saturated carbocycles. The zero-order chi connectivity index (χ0) is 12.0. The second-order valence-corrected chi connectivity index (χ2v) is 3.41. The highest BCUT2D eigenvalue weighted by Gasteiger charge is 2.08. The van der Waals surface area contributed by atoms with E-state index in [0.717, 1.165) is 24.6 Å². The monoisotopic (exact) mass is 219 g/mol. The Labute approximate surface area is 95.9 Å². The van der Waals surface area contributed by atoms with E-state index < -0.39 is 0 Å². The molecule has 0 amide bonds. The highest BCUT2D eigenvalue weighted by Crippen LogP contribution is 2.14. The van der Waals surface area contributed by atoms with Crippen LogP contribution in [0.4, 0.5) is 11.6 Å². The van der Waals surface area contributed by atoms with Crippen molar-refractivity contribution in [1.82, 2.24) is 9.97 Å². The summed E-state index contributed by atoms with van der Waals surface area (Å²) in [6.45, 7) is 5.50. The summed E-state index contributed by atoms with van der Waals surface area (Å²) in [5.41, 5.74) is 5.71. The molecule has 5 nitrogen and oxygen atoms in total. The molecule has 0 aromatic carbocycles. The third-order valence-corrected chi connectivity index (χ3v) is 2.29. The van der Waals surface area contributed by atoms with E-state index in [2.05, 4.69) is 16.0 Å². The fraction of sp³-hybridized carbons (Fsp3) is 0.545. The van der Waals surface area contributed by atoms with Crippen LogP contribution in [-0.2, 0) is 6.42 Å². The first-order chi connectivity index (χ1) is 7.71. The Kier molecular flexibility index (Phi) is 4.52. The van der Waals surface area contributed by atoms with Crippen molar-refractivity contribution in [3.63, 3.8) is 0 Å². The number of aryl methyl sites for hydroxylation is 1. The molecule has 0 radical (unpaired) electrons. The number of hydrogen-bond donors (Lipinski definition) is 1. The lowest BCUT2D eigenvalue weighted by molar-refractivity contribution is 0.796. The van der Waals surface area contributed by atoms with Crippen molar-refractivity contribution in [3.05, 3.63) is 11.9 Å². The van der Waals surface area contributed by atoms with Crippen molar-refractivity contribution >= 4 is 11.6 Å². The first-order valence-electron chi connectivity index (χ1n) is 5.46. The van der Waals surface area contributed by atoms with Gasteiger partial charge in [0.25, 0.3) is 0 Å². The summed E-state index contributed by atoms with van der Waals surface area (Å²) >= 11 is 0. The van der Waals surface area contributed by atoms with E-state index in [4.69, 9.17) is 11.0 Å². The normalized spacial score (nSPS) is 9.81. The maximum absolute atomic E-state index is 8.58. The number of nitrogens with zero attached hydrogens (tertiary/aromatic N) is 4. The second kappa shape index (κ2) is 5.91. The number of hydrogen-bond acceptors (Lipinski definition) is 5. The van der Waals surface area contributed by atoms with E-state index in [-0.39, 0.29) is 0 Å². The molecule has 0 saturated heterocycles. The van der Waals surface area contributed by atoms with Gasteiger partial charge in [0, 0.05) is 25.6 Å². The topological polar surface area (TPSA) is 78.8 Å². The van der Waals surface area contributed by atoms with E-state index in [9.17, 15) is 0 Å². The molecular formula is C11H17N5. The minimum Gasteiger partial charge on any atom is -0.384 e. The largest absolute Gasteiger partial charge is 0.384 e. The van der Waals surface area contributed by atoms with Gasteiger partial charge in [0.15, 0.2) is 0 Å². The number of rotatable bonds is 5. The van der Waals surface area contributed by atoms with Crippen LogP contribution >= 0.6 is 0 Å². The van der Waals surface area contributed by atoms with Crippen LogP contribution in [0.2, 0.25) is 0 Å². The Morgan fingerprint density at radius 3 is 2.75 bits per heavy atom. The molecule has 0 aliphatic rings. The van der Waals surface area contributed by atoms with Gasteiger partial charge in [-0.1, -0.05) is 6.92 Å². The van der Waals surface area contributed by atoms with Gasteiger partial charge in [-0.2, -0.15) is 5.26 Å². The molecule has 1 aromatic rings. The van der Waals surface area contributed by atoms with Crippen molar-refractivity contribution in [1.29, 1.82) is 5.26 Å². The van der Waals surface area contributed by atoms with E-state index in [1.807, 2.05) is 18.7 Å². The molecule has 86 valence electrons. The minimum absolute atomic E-state index is 0.484. The van der Waals surface area contributed by atoms with Crippen molar-refractivity contribution in [2.45, 2.75) is 26.7 Å². The fourth-order valence-corrected chi connectivity index (χ4v) is 1.44. The van der Waals surface area contributed by atoms with E-state index in [1.165, 1.54) is 0 Å². The van der Waals surface area contributed by atoms with Crippen LogP contribution in [0.5, 0.6) is 0 Å². The Balaban J connectivity index is 2.91. The molecule has 0 atom stereocenters. The summed E-state index contributed by atoms with van der Waals surface area (Å²) in [5.74, 6) is 2.03. The molecule has 1 heterocycles. The lowest BCUT2D eigenvalue weighted by Crippen LogP contribution is -2.25. The van der Waals surface area contributed by atoms with Crippen LogP contribution < -0.4 is 10.6 Å².